The molecule has 1 unspecified atom stereocenters. The number of aliphatic hydroxyl groups excluding tert-OH is 1. The molecule has 0 bridgehead atoms. The van der Waals surface area contributed by atoms with Crippen LogP contribution >= 0.6 is 0 Å². The zero-order chi connectivity index (χ0) is 22.9. The number of hydrogen-bond acceptors (Lipinski definition) is 3. The predicted octanol–water partition coefficient (Wildman–Crippen LogP) is 4.97. The highest BCUT2D eigenvalue weighted by Crippen LogP contribution is 2.39. The number of fused-ring (bicyclic) bond motifs is 1. The number of ketones is 1. The Morgan fingerprint density at radius 2 is 1.73 bits per heavy atom. The van der Waals surface area contributed by atoms with Crippen molar-refractivity contribution in [1.82, 2.24) is 9.88 Å². The van der Waals surface area contributed by atoms with Gasteiger partial charge in [-0.1, -0.05) is 60.7 Å². The highest BCUT2D eigenvalue weighted by atomic mass is 19.1. The smallest absolute Gasteiger partial charge is 0.295 e. The zero-order valence-corrected chi connectivity index (χ0v) is 17.7. The van der Waals surface area contributed by atoms with Gasteiger partial charge in [0.15, 0.2) is 0 Å². The van der Waals surface area contributed by atoms with Gasteiger partial charge in [0.05, 0.1) is 11.6 Å². The van der Waals surface area contributed by atoms with Crippen molar-refractivity contribution in [3.63, 3.8) is 0 Å². The third-order valence-electron chi connectivity index (χ3n) is 6.05. The van der Waals surface area contributed by atoms with Crippen molar-refractivity contribution < 1.29 is 19.1 Å². The van der Waals surface area contributed by atoms with Crippen LogP contribution < -0.4 is 0 Å². The van der Waals surface area contributed by atoms with E-state index in [0.717, 1.165) is 16.5 Å². The SMILES string of the molecule is O=C1C(=O)N(CCc2c[nH]c3ccccc23)C(c2cccc(F)c2)/C1=C(\O)c1ccccc1. The summed E-state index contributed by atoms with van der Waals surface area (Å²) < 4.78 is 14.1. The third-order valence-corrected chi connectivity index (χ3v) is 6.05. The fraction of sp³-hybridized carbons (Fsp3) is 0.111. The summed E-state index contributed by atoms with van der Waals surface area (Å²) in [5, 5.41) is 12.0. The summed E-state index contributed by atoms with van der Waals surface area (Å²) in [5.74, 6) is -2.22. The number of halogens is 1. The van der Waals surface area contributed by atoms with Crippen LogP contribution in [0.3, 0.4) is 0 Å². The van der Waals surface area contributed by atoms with Crippen molar-refractivity contribution in [1.29, 1.82) is 0 Å². The quantitative estimate of drug-likeness (QED) is 0.261. The maximum atomic E-state index is 14.1. The third kappa shape index (κ3) is 3.69. The topological polar surface area (TPSA) is 73.4 Å². The van der Waals surface area contributed by atoms with E-state index >= 15 is 0 Å². The first-order chi connectivity index (χ1) is 16.0. The number of nitrogens with one attached hydrogen (secondary N) is 1. The molecule has 164 valence electrons. The van der Waals surface area contributed by atoms with Gasteiger partial charge in [-0.3, -0.25) is 9.59 Å². The molecule has 2 N–H and O–H groups in total. The Morgan fingerprint density at radius 3 is 2.52 bits per heavy atom. The maximum absolute atomic E-state index is 14.1. The molecular formula is C27H21FN2O3. The first-order valence-corrected chi connectivity index (χ1v) is 10.7. The number of para-hydroxylation sites is 1. The molecule has 1 saturated heterocycles. The lowest BCUT2D eigenvalue weighted by Gasteiger charge is -2.25. The molecule has 5 rings (SSSR count). The monoisotopic (exact) mass is 440 g/mol. The summed E-state index contributed by atoms with van der Waals surface area (Å²) in [6, 6.07) is 21.4. The van der Waals surface area contributed by atoms with Crippen LogP contribution in [0.4, 0.5) is 4.39 Å². The number of amides is 1. The summed E-state index contributed by atoms with van der Waals surface area (Å²) in [7, 11) is 0. The average molecular weight is 440 g/mol. The van der Waals surface area contributed by atoms with E-state index in [4.69, 9.17) is 0 Å². The molecule has 33 heavy (non-hydrogen) atoms. The fourth-order valence-electron chi connectivity index (χ4n) is 4.46. The van der Waals surface area contributed by atoms with Crippen LogP contribution in [0.25, 0.3) is 16.7 Å². The number of benzene rings is 3. The second kappa shape index (κ2) is 8.39. The number of likely N-dealkylation sites (tertiary alicyclic amines) is 1. The number of Topliss-reactive ketones (excluding diaryl/α,β-unsaturated/α-hetero) is 1. The average Bonchev–Trinajstić information content (AvgIpc) is 3.36. The van der Waals surface area contributed by atoms with E-state index in [9.17, 15) is 19.1 Å². The molecule has 0 radical (unpaired) electrons. The minimum Gasteiger partial charge on any atom is -0.507 e. The number of rotatable bonds is 5. The van der Waals surface area contributed by atoms with Crippen molar-refractivity contribution in [2.45, 2.75) is 12.5 Å². The van der Waals surface area contributed by atoms with E-state index in [2.05, 4.69) is 4.98 Å². The highest BCUT2D eigenvalue weighted by molar-refractivity contribution is 6.46. The van der Waals surface area contributed by atoms with E-state index in [1.807, 2.05) is 30.5 Å². The van der Waals surface area contributed by atoms with Crippen molar-refractivity contribution >= 4 is 28.4 Å². The molecule has 6 heteroatoms. The summed E-state index contributed by atoms with van der Waals surface area (Å²) in [5.41, 5.74) is 2.82. The van der Waals surface area contributed by atoms with Crippen LogP contribution in [0.2, 0.25) is 0 Å². The molecule has 1 aromatic heterocycles. The number of aromatic nitrogens is 1. The van der Waals surface area contributed by atoms with Gasteiger partial charge in [-0.25, -0.2) is 4.39 Å². The molecule has 0 spiro atoms. The van der Waals surface area contributed by atoms with Crippen molar-refractivity contribution in [2.24, 2.45) is 0 Å². The Kier molecular flexibility index (Phi) is 5.26. The Bertz CT molecular complexity index is 1390. The summed E-state index contributed by atoms with van der Waals surface area (Å²) in [4.78, 5) is 30.8. The molecule has 1 fully saturated rings. The molecule has 5 nitrogen and oxygen atoms in total. The lowest BCUT2D eigenvalue weighted by Crippen LogP contribution is -2.31. The number of aromatic amines is 1. The Labute approximate surface area is 189 Å². The van der Waals surface area contributed by atoms with Gasteiger partial charge in [-0.15, -0.1) is 0 Å². The minimum absolute atomic E-state index is 0.0317. The molecular weight excluding hydrogens is 419 g/mol. The Morgan fingerprint density at radius 1 is 0.970 bits per heavy atom. The van der Waals surface area contributed by atoms with Crippen LogP contribution in [-0.2, 0) is 16.0 Å². The normalized spacial score (nSPS) is 17.7. The van der Waals surface area contributed by atoms with Crippen molar-refractivity contribution in [3.05, 3.63) is 113 Å². The molecule has 0 saturated carbocycles. The van der Waals surface area contributed by atoms with Gasteiger partial charge >= 0.3 is 0 Å². The van der Waals surface area contributed by atoms with E-state index in [-0.39, 0.29) is 17.9 Å². The van der Waals surface area contributed by atoms with E-state index in [1.54, 1.807) is 36.4 Å². The van der Waals surface area contributed by atoms with Crippen LogP contribution in [-0.4, -0.2) is 33.2 Å². The van der Waals surface area contributed by atoms with Gasteiger partial charge in [0, 0.05) is 29.2 Å². The molecule has 1 aliphatic rings. The Hall–Kier alpha value is -4.19. The van der Waals surface area contributed by atoms with Crippen LogP contribution in [0, 0.1) is 5.82 Å². The molecule has 2 heterocycles. The first-order valence-electron chi connectivity index (χ1n) is 10.7. The number of aliphatic hydroxyl groups is 1. The first kappa shape index (κ1) is 20.7. The maximum Gasteiger partial charge on any atom is 0.295 e. The lowest BCUT2D eigenvalue weighted by atomic mass is 9.95. The number of hydrogen-bond donors (Lipinski definition) is 2. The second-order valence-corrected chi connectivity index (χ2v) is 8.02. The van der Waals surface area contributed by atoms with Gasteiger partial charge < -0.3 is 15.0 Å². The van der Waals surface area contributed by atoms with Gasteiger partial charge in [-0.2, -0.15) is 0 Å². The number of carbonyl (C=O) groups excluding carboxylic acids is 2. The summed E-state index contributed by atoms with van der Waals surface area (Å²) in [6.07, 6.45) is 2.39. The van der Waals surface area contributed by atoms with Gasteiger partial charge in [0.25, 0.3) is 11.7 Å². The number of carbonyl (C=O) groups is 2. The summed E-state index contributed by atoms with van der Waals surface area (Å²) >= 11 is 0. The van der Waals surface area contributed by atoms with Crippen molar-refractivity contribution in [3.8, 4) is 0 Å². The highest BCUT2D eigenvalue weighted by Gasteiger charge is 2.46. The standard InChI is InChI=1S/C27H21FN2O3/c28-20-10-6-9-18(15-20)24-23(25(31)17-7-2-1-3-8-17)26(32)27(33)30(24)14-13-19-16-29-22-12-5-4-11-21(19)22/h1-12,15-16,24,29,31H,13-14H2/b25-23+. The minimum atomic E-state index is -0.883. The summed E-state index contributed by atoms with van der Waals surface area (Å²) in [6.45, 7) is 0.235. The van der Waals surface area contributed by atoms with Gasteiger partial charge in [0.2, 0.25) is 0 Å². The van der Waals surface area contributed by atoms with E-state index < -0.39 is 23.5 Å². The molecule has 4 aromatic rings. The molecule has 0 aliphatic carbocycles. The number of nitrogens with zero attached hydrogens (tertiary/aromatic N) is 1. The Balaban J connectivity index is 1.57. The predicted molar refractivity (Wildman–Crippen MR) is 124 cm³/mol. The largest absolute Gasteiger partial charge is 0.507 e. The van der Waals surface area contributed by atoms with Crippen molar-refractivity contribution in [2.75, 3.05) is 6.54 Å². The van der Waals surface area contributed by atoms with Gasteiger partial charge in [0.1, 0.15) is 11.6 Å². The molecule has 1 amide bonds. The number of H-pyrrole nitrogens is 1. The van der Waals surface area contributed by atoms with Gasteiger partial charge in [-0.05, 0) is 35.7 Å². The lowest BCUT2D eigenvalue weighted by molar-refractivity contribution is -0.139. The van der Waals surface area contributed by atoms with Crippen LogP contribution in [0.1, 0.15) is 22.7 Å². The zero-order valence-electron chi connectivity index (χ0n) is 17.7. The molecule has 3 aromatic carbocycles. The van der Waals surface area contributed by atoms with E-state index in [0.29, 0.717) is 17.5 Å². The van der Waals surface area contributed by atoms with Crippen LogP contribution in [0.15, 0.2) is 90.6 Å². The molecule has 1 aliphatic heterocycles. The van der Waals surface area contributed by atoms with E-state index in [1.165, 1.54) is 23.1 Å². The van der Waals surface area contributed by atoms with Crippen LogP contribution in [0.5, 0.6) is 0 Å². The molecule has 1 atom stereocenters. The fourth-order valence-corrected chi connectivity index (χ4v) is 4.46. The second-order valence-electron chi connectivity index (χ2n) is 8.02.